The van der Waals surface area contributed by atoms with E-state index < -0.39 is 23.8 Å². The maximum absolute atomic E-state index is 13.9. The van der Waals surface area contributed by atoms with E-state index in [-0.39, 0.29) is 11.6 Å². The quantitative estimate of drug-likeness (QED) is 0.789. The molecule has 0 radical (unpaired) electrons. The van der Waals surface area contributed by atoms with Gasteiger partial charge in [-0.15, -0.1) is 0 Å². The zero-order chi connectivity index (χ0) is 17.1. The van der Waals surface area contributed by atoms with Gasteiger partial charge in [-0.1, -0.05) is 46.3 Å². The Morgan fingerprint density at radius 3 is 2.54 bits per heavy atom. The molecule has 1 atom stereocenters. The number of hydrogen-bond acceptors (Lipinski definition) is 3. The monoisotopic (exact) mass is 391 g/mol. The van der Waals surface area contributed by atoms with Gasteiger partial charge in [-0.3, -0.25) is 4.79 Å². The van der Waals surface area contributed by atoms with Crippen molar-refractivity contribution in [2.45, 2.75) is 25.0 Å². The maximum Gasteiger partial charge on any atom is 0.342 e. The predicted octanol–water partition coefficient (Wildman–Crippen LogP) is 3.76. The van der Waals surface area contributed by atoms with Gasteiger partial charge in [-0.25, -0.2) is 9.18 Å². The molecule has 1 fully saturated rings. The highest BCUT2D eigenvalue weighted by atomic mass is 79.9. The van der Waals surface area contributed by atoms with E-state index in [4.69, 9.17) is 4.74 Å². The molecule has 1 aliphatic carbocycles. The first-order chi connectivity index (χ1) is 11.5. The third-order valence-corrected chi connectivity index (χ3v) is 4.13. The van der Waals surface area contributed by atoms with Crippen LogP contribution >= 0.6 is 15.9 Å². The Kier molecular flexibility index (Phi) is 4.94. The van der Waals surface area contributed by atoms with Crippen LogP contribution in [0.15, 0.2) is 53.0 Å². The van der Waals surface area contributed by atoms with E-state index in [0.29, 0.717) is 10.0 Å². The molecule has 2 aromatic rings. The molecule has 4 nitrogen and oxygen atoms in total. The van der Waals surface area contributed by atoms with E-state index in [1.165, 1.54) is 18.2 Å². The zero-order valence-electron chi connectivity index (χ0n) is 12.7. The zero-order valence-corrected chi connectivity index (χ0v) is 14.3. The lowest BCUT2D eigenvalue weighted by Crippen LogP contribution is -2.33. The fraction of sp³-hybridized carbons (Fsp3) is 0.222. The molecule has 1 saturated carbocycles. The summed E-state index contributed by atoms with van der Waals surface area (Å²) in [5, 5.41) is 2.82. The van der Waals surface area contributed by atoms with E-state index in [9.17, 15) is 14.0 Å². The van der Waals surface area contributed by atoms with Crippen LogP contribution in [-0.2, 0) is 9.53 Å². The van der Waals surface area contributed by atoms with E-state index >= 15 is 0 Å². The van der Waals surface area contributed by atoms with Crippen molar-refractivity contribution in [2.75, 3.05) is 0 Å². The number of carbonyl (C=O) groups excluding carboxylic acids is 2. The molecule has 0 saturated heterocycles. The molecule has 0 unspecified atom stereocenters. The summed E-state index contributed by atoms with van der Waals surface area (Å²) in [5.41, 5.74) is 0.323. The number of carbonyl (C=O) groups is 2. The van der Waals surface area contributed by atoms with Crippen molar-refractivity contribution in [3.05, 3.63) is 69.9 Å². The first-order valence-electron chi connectivity index (χ1n) is 7.56. The third-order valence-electron chi connectivity index (χ3n) is 3.64. The number of nitrogens with one attached hydrogen (secondary N) is 1. The van der Waals surface area contributed by atoms with Gasteiger partial charge in [0.2, 0.25) is 6.10 Å². The summed E-state index contributed by atoms with van der Waals surface area (Å²) in [6.07, 6.45) is 0.723. The minimum atomic E-state index is -1.11. The van der Waals surface area contributed by atoms with Gasteiger partial charge in [-0.05, 0) is 31.0 Å². The number of hydrogen-bond donors (Lipinski definition) is 1. The highest BCUT2D eigenvalue weighted by Crippen LogP contribution is 2.25. The summed E-state index contributed by atoms with van der Waals surface area (Å²) < 4.78 is 19.8. The first kappa shape index (κ1) is 16.6. The van der Waals surface area contributed by atoms with Crippen LogP contribution in [-0.4, -0.2) is 17.9 Å². The van der Waals surface area contributed by atoms with Gasteiger partial charge < -0.3 is 10.1 Å². The van der Waals surface area contributed by atoms with E-state index in [1.807, 2.05) is 0 Å². The molecule has 0 aromatic heterocycles. The van der Waals surface area contributed by atoms with Gasteiger partial charge in [-0.2, -0.15) is 0 Å². The Labute approximate surface area is 147 Å². The fourth-order valence-corrected chi connectivity index (χ4v) is 2.59. The topological polar surface area (TPSA) is 55.4 Å². The van der Waals surface area contributed by atoms with Crippen LogP contribution in [0.3, 0.4) is 0 Å². The van der Waals surface area contributed by atoms with Gasteiger partial charge in [0.25, 0.3) is 5.91 Å². The smallest absolute Gasteiger partial charge is 0.342 e. The molecule has 1 N–H and O–H groups in total. The number of esters is 1. The lowest BCUT2D eigenvalue weighted by molar-refractivity contribution is -0.130. The van der Waals surface area contributed by atoms with Crippen LogP contribution in [0.4, 0.5) is 4.39 Å². The molecular weight excluding hydrogens is 377 g/mol. The van der Waals surface area contributed by atoms with Crippen molar-refractivity contribution < 1.29 is 18.7 Å². The second kappa shape index (κ2) is 7.13. The van der Waals surface area contributed by atoms with E-state index in [1.54, 1.807) is 30.3 Å². The van der Waals surface area contributed by atoms with E-state index in [0.717, 1.165) is 12.8 Å². The van der Waals surface area contributed by atoms with Crippen LogP contribution in [0.2, 0.25) is 0 Å². The normalized spacial score (nSPS) is 14.8. The Bertz CT molecular complexity index is 762. The molecule has 6 heteroatoms. The number of benzene rings is 2. The van der Waals surface area contributed by atoms with Gasteiger partial charge in [0.15, 0.2) is 0 Å². The van der Waals surface area contributed by atoms with Crippen LogP contribution in [0, 0.1) is 5.82 Å². The summed E-state index contributed by atoms with van der Waals surface area (Å²) in [4.78, 5) is 24.8. The summed E-state index contributed by atoms with van der Waals surface area (Å²) in [6.45, 7) is 0. The van der Waals surface area contributed by atoms with Crippen molar-refractivity contribution in [2.24, 2.45) is 0 Å². The Morgan fingerprint density at radius 2 is 1.88 bits per heavy atom. The highest BCUT2D eigenvalue weighted by molar-refractivity contribution is 9.10. The minimum Gasteiger partial charge on any atom is -0.444 e. The van der Waals surface area contributed by atoms with Crippen LogP contribution in [0.5, 0.6) is 0 Å². The van der Waals surface area contributed by atoms with E-state index in [2.05, 4.69) is 21.2 Å². The number of amides is 1. The maximum atomic E-state index is 13.9. The van der Waals surface area contributed by atoms with Crippen molar-refractivity contribution >= 4 is 27.8 Å². The fourth-order valence-electron chi connectivity index (χ4n) is 2.23. The lowest BCUT2D eigenvalue weighted by atomic mass is 10.1. The first-order valence-corrected chi connectivity index (χ1v) is 8.35. The standard InChI is InChI=1S/C18H15BrFNO3/c19-12-6-9-15(20)14(10-12)18(23)24-16(11-4-2-1-3-5-11)17(22)21-13-7-8-13/h1-6,9-10,13,16H,7-8H2,(H,21,22)/t16-/m1/s1. The Hall–Kier alpha value is -2.21. The molecule has 0 spiro atoms. The lowest BCUT2D eigenvalue weighted by Gasteiger charge is -2.18. The number of ether oxygens (including phenoxy) is 1. The molecule has 0 heterocycles. The van der Waals surface area contributed by atoms with Crippen molar-refractivity contribution in [3.8, 4) is 0 Å². The molecule has 2 aromatic carbocycles. The molecule has 1 aliphatic rings. The number of halogens is 2. The third kappa shape index (κ3) is 4.00. The second-order valence-electron chi connectivity index (χ2n) is 5.60. The highest BCUT2D eigenvalue weighted by Gasteiger charge is 2.31. The van der Waals surface area contributed by atoms with Crippen LogP contribution in [0.25, 0.3) is 0 Å². The average molecular weight is 392 g/mol. The van der Waals surface area contributed by atoms with Crippen LogP contribution in [0.1, 0.15) is 34.9 Å². The predicted molar refractivity (Wildman–Crippen MR) is 89.9 cm³/mol. The van der Waals surface area contributed by atoms with Crippen LogP contribution < -0.4 is 5.32 Å². The van der Waals surface area contributed by atoms with Gasteiger partial charge in [0.1, 0.15) is 5.82 Å². The molecule has 3 rings (SSSR count). The van der Waals surface area contributed by atoms with Gasteiger partial charge in [0.05, 0.1) is 5.56 Å². The Morgan fingerprint density at radius 1 is 1.17 bits per heavy atom. The molecule has 0 bridgehead atoms. The number of rotatable bonds is 5. The Balaban J connectivity index is 1.84. The average Bonchev–Trinajstić information content (AvgIpc) is 3.39. The van der Waals surface area contributed by atoms with Crippen molar-refractivity contribution in [3.63, 3.8) is 0 Å². The second-order valence-corrected chi connectivity index (χ2v) is 6.52. The molecule has 1 amide bonds. The molecule has 0 aliphatic heterocycles. The SMILES string of the molecule is O=C(O[C@@H](C(=O)NC1CC1)c1ccccc1)c1cc(Br)ccc1F. The minimum absolute atomic E-state index is 0.130. The molecule has 24 heavy (non-hydrogen) atoms. The van der Waals surface area contributed by atoms with Crippen molar-refractivity contribution in [1.29, 1.82) is 0 Å². The summed E-state index contributed by atoms with van der Waals surface area (Å²) in [7, 11) is 0. The molecular formula is C18H15BrFNO3. The summed E-state index contributed by atoms with van der Waals surface area (Å²) >= 11 is 3.19. The van der Waals surface area contributed by atoms with Gasteiger partial charge in [0, 0.05) is 16.1 Å². The largest absolute Gasteiger partial charge is 0.444 e. The summed E-state index contributed by atoms with van der Waals surface area (Å²) in [6, 6.07) is 12.8. The van der Waals surface area contributed by atoms with Gasteiger partial charge >= 0.3 is 5.97 Å². The summed E-state index contributed by atoms with van der Waals surface area (Å²) in [5.74, 6) is -1.97. The van der Waals surface area contributed by atoms with Crippen molar-refractivity contribution in [1.82, 2.24) is 5.32 Å². The molecule has 124 valence electrons.